The Hall–Kier alpha value is -4.21. The van der Waals surface area contributed by atoms with Gasteiger partial charge in [0.2, 0.25) is 33.3 Å². The van der Waals surface area contributed by atoms with Gasteiger partial charge >= 0.3 is 12.1 Å². The zero-order chi connectivity index (χ0) is 44.2. The number of nitrogens with zero attached hydrogens (tertiary/aromatic N) is 2. The molecule has 3 heterocycles. The summed E-state index contributed by atoms with van der Waals surface area (Å²) < 4.78 is 108. The standard InChI is InChI=1S/C41H52F3N3O9S/c1-24-11-7-8-12-26-20-40(26,37(51)46-57(52,53)39(5)15-16-39)21-32(48)31-18-27(55-35-29-14-10-9-13-28(29)33(54-6)22-45-35)23-47(31)36(50)30(25(2)17-24)19-34(49)56-38(3,4)41(42,43)44/h8-10,12-14,22,24-27,30-31H,7,11,15-21,23H2,1-6H3,(H,46,51)/b12-8-/t24-,25+,26+,27+,30-,31-,40+/m0/s1/i6D3. The van der Waals surface area contributed by atoms with Crippen LogP contribution in [-0.2, 0) is 33.9 Å². The molecule has 12 nitrogen and oxygen atoms in total. The molecule has 4 aliphatic rings. The summed E-state index contributed by atoms with van der Waals surface area (Å²) >= 11 is 0. The number of pyridine rings is 1. The van der Waals surface area contributed by atoms with Crippen LogP contribution in [0.3, 0.4) is 0 Å². The molecule has 1 N–H and O–H groups in total. The Morgan fingerprint density at radius 2 is 1.81 bits per heavy atom. The fourth-order valence-electron chi connectivity index (χ4n) is 8.12. The fourth-order valence-corrected chi connectivity index (χ4v) is 9.46. The Balaban J connectivity index is 1.36. The molecule has 1 aromatic heterocycles. The van der Waals surface area contributed by atoms with Crippen molar-refractivity contribution >= 4 is 44.4 Å². The Kier molecular flexibility index (Phi) is 10.4. The van der Waals surface area contributed by atoms with E-state index in [0.29, 0.717) is 56.7 Å². The highest BCUT2D eigenvalue weighted by molar-refractivity contribution is 7.91. The minimum Gasteiger partial charge on any atom is -0.494 e. The molecule has 3 fully saturated rings. The van der Waals surface area contributed by atoms with Crippen LogP contribution in [0.4, 0.5) is 13.2 Å². The number of aromatic nitrogens is 1. The Labute approximate surface area is 335 Å². The molecule has 2 amide bonds. The van der Waals surface area contributed by atoms with Gasteiger partial charge in [-0.05, 0) is 83.1 Å². The first-order valence-electron chi connectivity index (χ1n) is 20.8. The number of ketones is 1. The summed E-state index contributed by atoms with van der Waals surface area (Å²) in [5.74, 6) is -5.58. The third kappa shape index (κ3) is 8.66. The lowest BCUT2D eigenvalue weighted by Crippen LogP contribution is -2.48. The van der Waals surface area contributed by atoms with Crippen LogP contribution in [0.25, 0.3) is 10.8 Å². The van der Waals surface area contributed by atoms with Crippen molar-refractivity contribution in [2.45, 2.75) is 121 Å². The van der Waals surface area contributed by atoms with Crippen molar-refractivity contribution in [3.05, 3.63) is 42.6 Å². The number of hydrogen-bond donors (Lipinski definition) is 1. The second-order valence-electron chi connectivity index (χ2n) is 17.2. The molecule has 1 aromatic carbocycles. The van der Waals surface area contributed by atoms with E-state index in [0.717, 1.165) is 0 Å². The molecule has 6 rings (SSSR count). The second-order valence-corrected chi connectivity index (χ2v) is 19.4. The van der Waals surface area contributed by atoms with Gasteiger partial charge in [-0.1, -0.05) is 44.2 Å². The summed E-state index contributed by atoms with van der Waals surface area (Å²) in [5.41, 5.74) is -4.28. The number of halogens is 3. The highest BCUT2D eigenvalue weighted by Crippen LogP contribution is 2.58. The zero-order valence-corrected chi connectivity index (χ0v) is 33.5. The van der Waals surface area contributed by atoms with Gasteiger partial charge < -0.3 is 19.1 Å². The number of ether oxygens (including phenoxy) is 3. The van der Waals surface area contributed by atoms with Gasteiger partial charge in [0.15, 0.2) is 5.78 Å². The van der Waals surface area contributed by atoms with E-state index >= 15 is 0 Å². The van der Waals surface area contributed by atoms with Crippen molar-refractivity contribution in [3.63, 3.8) is 0 Å². The summed E-state index contributed by atoms with van der Waals surface area (Å²) in [6.07, 6.45) is 0.355. The lowest BCUT2D eigenvalue weighted by molar-refractivity contribution is -0.257. The van der Waals surface area contributed by atoms with Crippen LogP contribution in [0.1, 0.15) is 96.5 Å². The topological polar surface area (TPSA) is 158 Å². The largest absolute Gasteiger partial charge is 0.494 e. The fraction of sp³-hybridized carbons (Fsp3) is 0.634. The lowest BCUT2D eigenvalue weighted by Gasteiger charge is -2.33. The molecule has 2 saturated carbocycles. The molecule has 0 bridgehead atoms. The third-order valence-electron chi connectivity index (χ3n) is 12.3. The van der Waals surface area contributed by atoms with Gasteiger partial charge in [-0.3, -0.25) is 23.9 Å². The van der Waals surface area contributed by atoms with Crippen LogP contribution in [0.5, 0.6) is 11.6 Å². The molecule has 312 valence electrons. The zero-order valence-electron chi connectivity index (χ0n) is 35.7. The van der Waals surface area contributed by atoms with Gasteiger partial charge in [-0.2, -0.15) is 13.2 Å². The molecule has 1 saturated heterocycles. The average molecular weight is 823 g/mol. The third-order valence-corrected chi connectivity index (χ3v) is 14.5. The van der Waals surface area contributed by atoms with Crippen LogP contribution in [0, 0.1) is 29.1 Å². The molecule has 2 aliphatic heterocycles. The lowest BCUT2D eigenvalue weighted by atomic mass is 9.82. The summed E-state index contributed by atoms with van der Waals surface area (Å²) in [4.78, 5) is 62.3. The maximum absolute atomic E-state index is 14.9. The molecule has 7 atom stereocenters. The number of rotatable bonds is 9. The van der Waals surface area contributed by atoms with Crippen molar-refractivity contribution in [2.75, 3.05) is 13.6 Å². The van der Waals surface area contributed by atoms with E-state index in [1.54, 1.807) is 38.1 Å². The monoisotopic (exact) mass is 822 g/mol. The van der Waals surface area contributed by atoms with Crippen LogP contribution in [-0.4, -0.2) is 84.1 Å². The molecule has 57 heavy (non-hydrogen) atoms. The quantitative estimate of drug-likeness (QED) is 0.220. The molecular formula is C41H52F3N3O9S. The molecule has 16 heteroatoms. The molecular weight excluding hydrogens is 768 g/mol. The van der Waals surface area contributed by atoms with E-state index in [4.69, 9.17) is 18.3 Å². The Morgan fingerprint density at radius 1 is 1.11 bits per heavy atom. The number of carbonyl (C=O) groups is 4. The van der Waals surface area contributed by atoms with Gasteiger partial charge in [-0.25, -0.2) is 13.4 Å². The van der Waals surface area contributed by atoms with E-state index in [1.807, 2.05) is 19.1 Å². The second kappa shape index (κ2) is 15.5. The van der Waals surface area contributed by atoms with E-state index < -0.39 is 105 Å². The number of carbonyl (C=O) groups excluding carboxylic acids is 4. The number of Topliss-reactive ketones (excluding diaryl/α,β-unsaturated/α-hetero) is 1. The number of fused-ring (bicyclic) bond motifs is 3. The predicted molar refractivity (Wildman–Crippen MR) is 203 cm³/mol. The molecule has 2 aliphatic carbocycles. The molecule has 0 unspecified atom stereocenters. The molecule has 0 radical (unpaired) electrons. The first kappa shape index (κ1) is 38.3. The maximum atomic E-state index is 14.9. The van der Waals surface area contributed by atoms with Gasteiger partial charge in [0, 0.05) is 23.6 Å². The number of methoxy groups -OCH3 is 1. The van der Waals surface area contributed by atoms with Crippen LogP contribution < -0.4 is 14.2 Å². The van der Waals surface area contributed by atoms with E-state index in [-0.39, 0.29) is 36.9 Å². The Morgan fingerprint density at radius 3 is 2.47 bits per heavy atom. The first-order chi connectivity index (χ1) is 27.8. The molecule has 2 aromatic rings. The highest BCUT2D eigenvalue weighted by atomic mass is 32.2. The minimum atomic E-state index is -4.90. The van der Waals surface area contributed by atoms with Crippen LogP contribution in [0.15, 0.2) is 42.6 Å². The van der Waals surface area contributed by atoms with Crippen LogP contribution in [0.2, 0.25) is 0 Å². The number of sulfonamides is 1. The summed E-state index contributed by atoms with van der Waals surface area (Å²) in [6.45, 7) is 6.42. The van der Waals surface area contributed by atoms with Crippen LogP contribution >= 0.6 is 0 Å². The number of nitrogens with one attached hydrogen (secondary N) is 1. The first-order valence-corrected chi connectivity index (χ1v) is 20.8. The highest BCUT2D eigenvalue weighted by Gasteiger charge is 2.63. The predicted octanol–water partition coefficient (Wildman–Crippen LogP) is 6.46. The number of amides is 2. The van der Waals surface area contributed by atoms with E-state index in [2.05, 4.69) is 9.71 Å². The summed E-state index contributed by atoms with van der Waals surface area (Å²) in [6, 6.07) is 5.31. The number of benzene rings is 1. The SMILES string of the molecule is [2H]C([2H])([2H])Oc1cnc(O[C@@H]2C[C@H]3C(=O)C[C@]4(C(=O)NS(=O)(=O)C5(C)CC5)C[C@H]4/C=C\CC[C@H](C)C[C@@H](C)[C@H](CC(=O)OC(C)(C)C(F)(F)F)C(=O)N3C2)c2ccccc12. The van der Waals surface area contributed by atoms with Gasteiger partial charge in [0.05, 0.1) is 52.4 Å². The van der Waals surface area contributed by atoms with Crippen molar-refractivity contribution in [1.82, 2.24) is 14.6 Å². The van der Waals surface area contributed by atoms with Gasteiger partial charge in [-0.15, -0.1) is 0 Å². The number of allylic oxidation sites excluding steroid dienone is 2. The van der Waals surface area contributed by atoms with E-state index in [1.165, 1.54) is 11.1 Å². The smallest absolute Gasteiger partial charge is 0.427 e. The number of alkyl halides is 3. The number of esters is 1. The maximum Gasteiger partial charge on any atom is 0.427 e. The molecule has 0 spiro atoms. The normalized spacial score (nSPS) is 30.9. The number of hydrogen-bond acceptors (Lipinski definition) is 10. The summed E-state index contributed by atoms with van der Waals surface area (Å²) in [7, 11) is -6.85. The van der Waals surface area contributed by atoms with Gasteiger partial charge in [0.25, 0.3) is 0 Å². The van der Waals surface area contributed by atoms with Crippen molar-refractivity contribution < 1.29 is 59.1 Å². The van der Waals surface area contributed by atoms with Crippen molar-refractivity contribution in [1.29, 1.82) is 0 Å². The summed E-state index contributed by atoms with van der Waals surface area (Å²) in [5, 5.41) is 0.725. The average Bonchev–Trinajstić information content (AvgIpc) is 4.01. The van der Waals surface area contributed by atoms with Crippen molar-refractivity contribution in [3.8, 4) is 11.6 Å². The van der Waals surface area contributed by atoms with E-state index in [9.17, 15) is 40.8 Å². The Bertz CT molecular complexity index is 2160. The minimum absolute atomic E-state index is 0.0203. The van der Waals surface area contributed by atoms with Crippen molar-refractivity contribution in [2.24, 2.45) is 29.1 Å². The van der Waals surface area contributed by atoms with Gasteiger partial charge in [0.1, 0.15) is 11.9 Å².